The molecule has 0 spiro atoms. The van der Waals surface area contributed by atoms with Gasteiger partial charge in [0.25, 0.3) is 0 Å². The minimum atomic E-state index is -0.405. The number of aryl methyl sites for hydroxylation is 1. The monoisotopic (exact) mass is 322 g/mol. The molecule has 0 radical (unpaired) electrons. The molecule has 1 aliphatic rings. The maximum atomic E-state index is 12.2. The number of hydrogen-bond donors (Lipinski definition) is 2. The summed E-state index contributed by atoms with van der Waals surface area (Å²) >= 11 is 0. The highest BCUT2D eigenvalue weighted by atomic mass is 16.2. The zero-order valence-corrected chi connectivity index (χ0v) is 14.1. The van der Waals surface area contributed by atoms with E-state index in [0.29, 0.717) is 13.1 Å². The van der Waals surface area contributed by atoms with Crippen LogP contribution in [0.2, 0.25) is 0 Å². The Morgan fingerprint density at radius 2 is 2.30 bits per heavy atom. The van der Waals surface area contributed by atoms with Crippen molar-refractivity contribution in [3.05, 3.63) is 12.2 Å². The van der Waals surface area contributed by atoms with Crippen LogP contribution in [-0.2, 0) is 22.7 Å². The fourth-order valence-electron chi connectivity index (χ4n) is 2.83. The molecule has 23 heavy (non-hydrogen) atoms. The summed E-state index contributed by atoms with van der Waals surface area (Å²) in [5.41, 5.74) is 0. The second-order valence-electron chi connectivity index (χ2n) is 6.06. The van der Waals surface area contributed by atoms with Gasteiger partial charge in [-0.1, -0.05) is 6.92 Å². The van der Waals surface area contributed by atoms with Gasteiger partial charge in [-0.05, 0) is 20.3 Å². The molecule has 2 N–H and O–H groups in total. The lowest BCUT2D eigenvalue weighted by molar-refractivity contribution is -0.134. The van der Waals surface area contributed by atoms with Gasteiger partial charge in [0.05, 0.1) is 19.0 Å². The summed E-state index contributed by atoms with van der Waals surface area (Å²) in [6.45, 7) is 8.71. The standard InChI is InChI=1S/C15H26N6O2/c1-4-6-20-10-18-19-13(20)9-17-14(22)8-12-15(23)16-5-7-21(12)11(2)3/h10-12H,4-9H2,1-3H3,(H,16,23)(H,17,22)/t12-/m1/s1. The molecule has 8 nitrogen and oxygen atoms in total. The van der Waals surface area contributed by atoms with Crippen LogP contribution in [0.5, 0.6) is 0 Å². The summed E-state index contributed by atoms with van der Waals surface area (Å²) in [6, 6.07) is -0.177. The maximum absolute atomic E-state index is 12.2. The van der Waals surface area contributed by atoms with Crippen LogP contribution < -0.4 is 10.6 Å². The van der Waals surface area contributed by atoms with Crippen LogP contribution >= 0.6 is 0 Å². The number of hydrogen-bond acceptors (Lipinski definition) is 5. The van der Waals surface area contributed by atoms with Crippen LogP contribution in [0.25, 0.3) is 0 Å². The van der Waals surface area contributed by atoms with Gasteiger partial charge >= 0.3 is 0 Å². The molecule has 1 aromatic rings. The third-order valence-electron chi connectivity index (χ3n) is 4.02. The largest absolute Gasteiger partial charge is 0.353 e. The third kappa shape index (κ3) is 4.51. The van der Waals surface area contributed by atoms with E-state index in [1.54, 1.807) is 6.33 Å². The average Bonchev–Trinajstić information content (AvgIpc) is 2.95. The fourth-order valence-corrected chi connectivity index (χ4v) is 2.83. The molecule has 2 amide bonds. The lowest BCUT2D eigenvalue weighted by Gasteiger charge is -2.37. The number of carbonyl (C=O) groups is 2. The van der Waals surface area contributed by atoms with Crippen molar-refractivity contribution in [3.63, 3.8) is 0 Å². The molecule has 1 aliphatic heterocycles. The van der Waals surface area contributed by atoms with Gasteiger partial charge < -0.3 is 15.2 Å². The van der Waals surface area contributed by atoms with Crippen LogP contribution in [0.15, 0.2) is 6.33 Å². The molecule has 0 aliphatic carbocycles. The van der Waals surface area contributed by atoms with Gasteiger partial charge in [0, 0.05) is 25.7 Å². The van der Waals surface area contributed by atoms with Gasteiger partial charge in [0.1, 0.15) is 6.33 Å². The van der Waals surface area contributed by atoms with Crippen LogP contribution in [0.3, 0.4) is 0 Å². The average molecular weight is 322 g/mol. The second-order valence-corrected chi connectivity index (χ2v) is 6.06. The summed E-state index contributed by atoms with van der Waals surface area (Å²) in [5, 5.41) is 13.6. The van der Waals surface area contributed by atoms with Gasteiger partial charge in [-0.25, -0.2) is 0 Å². The van der Waals surface area contributed by atoms with Crippen LogP contribution in [-0.4, -0.2) is 56.7 Å². The van der Waals surface area contributed by atoms with E-state index in [-0.39, 0.29) is 24.3 Å². The Balaban J connectivity index is 1.90. The van der Waals surface area contributed by atoms with E-state index in [1.807, 2.05) is 18.4 Å². The number of amides is 2. The van der Waals surface area contributed by atoms with Crippen molar-refractivity contribution in [2.45, 2.75) is 58.8 Å². The lowest BCUT2D eigenvalue weighted by atomic mass is 10.1. The number of nitrogens with zero attached hydrogens (tertiary/aromatic N) is 4. The Morgan fingerprint density at radius 1 is 1.52 bits per heavy atom. The molecule has 2 rings (SSSR count). The molecule has 1 aromatic heterocycles. The van der Waals surface area contributed by atoms with E-state index in [2.05, 4.69) is 32.7 Å². The van der Waals surface area contributed by atoms with Gasteiger partial charge in [-0.15, -0.1) is 10.2 Å². The number of carbonyl (C=O) groups excluding carboxylic acids is 2. The van der Waals surface area contributed by atoms with Crippen molar-refractivity contribution >= 4 is 11.8 Å². The zero-order chi connectivity index (χ0) is 16.8. The number of nitrogens with one attached hydrogen (secondary N) is 2. The molecule has 8 heteroatoms. The van der Waals surface area contributed by atoms with Crippen molar-refractivity contribution in [3.8, 4) is 0 Å². The van der Waals surface area contributed by atoms with E-state index < -0.39 is 6.04 Å². The van der Waals surface area contributed by atoms with Gasteiger partial charge in [-0.2, -0.15) is 0 Å². The van der Waals surface area contributed by atoms with Crippen molar-refractivity contribution < 1.29 is 9.59 Å². The molecule has 2 heterocycles. The highest BCUT2D eigenvalue weighted by molar-refractivity contribution is 5.88. The molecule has 1 atom stereocenters. The highest BCUT2D eigenvalue weighted by Gasteiger charge is 2.32. The zero-order valence-electron chi connectivity index (χ0n) is 14.1. The number of piperazine rings is 1. The van der Waals surface area contributed by atoms with Gasteiger partial charge in [0.2, 0.25) is 11.8 Å². The van der Waals surface area contributed by atoms with E-state index in [9.17, 15) is 9.59 Å². The van der Waals surface area contributed by atoms with Crippen LogP contribution in [0.4, 0.5) is 0 Å². The second kappa shape index (κ2) is 8.05. The van der Waals surface area contributed by atoms with Crippen molar-refractivity contribution in [1.82, 2.24) is 30.3 Å². The van der Waals surface area contributed by atoms with Crippen molar-refractivity contribution in [2.24, 2.45) is 0 Å². The van der Waals surface area contributed by atoms with Crippen LogP contribution in [0, 0.1) is 0 Å². The maximum Gasteiger partial charge on any atom is 0.237 e. The molecule has 128 valence electrons. The molecular formula is C15H26N6O2. The summed E-state index contributed by atoms with van der Waals surface area (Å²) in [5.74, 6) is 0.506. The molecule has 0 saturated carbocycles. The first-order valence-electron chi connectivity index (χ1n) is 8.19. The molecule has 0 unspecified atom stereocenters. The molecule has 1 fully saturated rings. The lowest BCUT2D eigenvalue weighted by Crippen LogP contribution is -2.58. The minimum absolute atomic E-state index is 0.0748. The van der Waals surface area contributed by atoms with E-state index >= 15 is 0 Å². The van der Waals surface area contributed by atoms with Crippen molar-refractivity contribution in [1.29, 1.82) is 0 Å². The highest BCUT2D eigenvalue weighted by Crippen LogP contribution is 2.12. The molecule has 0 bridgehead atoms. The Kier molecular flexibility index (Phi) is 6.09. The van der Waals surface area contributed by atoms with Crippen molar-refractivity contribution in [2.75, 3.05) is 13.1 Å². The quantitative estimate of drug-likeness (QED) is 0.731. The van der Waals surface area contributed by atoms with E-state index in [0.717, 1.165) is 25.3 Å². The Bertz CT molecular complexity index is 542. The normalized spacial score (nSPS) is 19.0. The molecular weight excluding hydrogens is 296 g/mol. The predicted octanol–water partition coefficient (Wildman–Crippen LogP) is -0.0968. The molecule has 1 saturated heterocycles. The summed E-state index contributed by atoms with van der Waals surface area (Å²) in [7, 11) is 0. The minimum Gasteiger partial charge on any atom is -0.353 e. The summed E-state index contributed by atoms with van der Waals surface area (Å²) in [6.07, 6.45) is 2.80. The Hall–Kier alpha value is -1.96. The first-order valence-corrected chi connectivity index (χ1v) is 8.19. The first-order chi connectivity index (χ1) is 11.0. The van der Waals surface area contributed by atoms with Gasteiger partial charge in [0.15, 0.2) is 5.82 Å². The third-order valence-corrected chi connectivity index (χ3v) is 4.02. The molecule has 0 aromatic carbocycles. The summed E-state index contributed by atoms with van der Waals surface area (Å²) < 4.78 is 1.92. The van der Waals surface area contributed by atoms with E-state index in [1.165, 1.54) is 0 Å². The van der Waals surface area contributed by atoms with E-state index in [4.69, 9.17) is 0 Å². The smallest absolute Gasteiger partial charge is 0.237 e. The fraction of sp³-hybridized carbons (Fsp3) is 0.733. The predicted molar refractivity (Wildman–Crippen MR) is 85.4 cm³/mol. The van der Waals surface area contributed by atoms with Crippen LogP contribution in [0.1, 0.15) is 39.4 Å². The van der Waals surface area contributed by atoms with Gasteiger partial charge in [-0.3, -0.25) is 14.5 Å². The number of aromatic nitrogens is 3. The SMILES string of the molecule is CCCn1cnnc1CNC(=O)C[C@@H]1C(=O)NCCN1C(C)C. The topological polar surface area (TPSA) is 92.1 Å². The number of rotatable bonds is 7. The first kappa shape index (κ1) is 17.4. The summed E-state index contributed by atoms with van der Waals surface area (Å²) in [4.78, 5) is 26.3. The Morgan fingerprint density at radius 3 is 3.00 bits per heavy atom. The Labute approximate surface area is 136 Å².